The lowest BCUT2D eigenvalue weighted by atomic mass is 10.1. The van der Waals surface area contributed by atoms with Crippen molar-refractivity contribution in [2.45, 2.75) is 38.8 Å². The molecule has 0 saturated carbocycles. The lowest BCUT2D eigenvalue weighted by Crippen LogP contribution is -2.48. The van der Waals surface area contributed by atoms with Crippen LogP contribution in [0.15, 0.2) is 41.7 Å². The first-order valence-corrected chi connectivity index (χ1v) is 11.7. The van der Waals surface area contributed by atoms with Gasteiger partial charge in [0.05, 0.1) is 25.9 Å². The Labute approximate surface area is 190 Å². The number of guanidine groups is 1. The number of carbonyl (C=O) groups excluding carboxylic acids is 1. The molecule has 3 heterocycles. The van der Waals surface area contributed by atoms with Crippen LogP contribution in [0.4, 0.5) is 0 Å². The van der Waals surface area contributed by atoms with E-state index in [-0.39, 0.29) is 12.0 Å². The Kier molecular flexibility index (Phi) is 7.42. The molecule has 1 aromatic heterocycles. The van der Waals surface area contributed by atoms with Crippen LogP contribution in [0, 0.1) is 0 Å². The Morgan fingerprint density at radius 3 is 2.62 bits per heavy atom. The Morgan fingerprint density at radius 1 is 1.16 bits per heavy atom. The van der Waals surface area contributed by atoms with Gasteiger partial charge in [-0.2, -0.15) is 5.10 Å². The molecule has 1 unspecified atom stereocenters. The lowest BCUT2D eigenvalue weighted by Gasteiger charge is -2.34. The van der Waals surface area contributed by atoms with Crippen molar-refractivity contribution >= 4 is 11.9 Å². The molecule has 8 nitrogen and oxygen atoms in total. The molecule has 172 valence electrons. The maximum atomic E-state index is 12.7. The zero-order chi connectivity index (χ0) is 22.3. The van der Waals surface area contributed by atoms with E-state index in [1.54, 1.807) is 4.68 Å². The molecule has 0 radical (unpaired) electrons. The molecule has 4 rings (SSSR count). The van der Waals surface area contributed by atoms with Gasteiger partial charge in [0.15, 0.2) is 5.96 Å². The minimum absolute atomic E-state index is 0.0126. The van der Waals surface area contributed by atoms with Crippen molar-refractivity contribution in [3.05, 3.63) is 53.3 Å². The maximum Gasteiger partial charge on any atom is 0.253 e. The van der Waals surface area contributed by atoms with Gasteiger partial charge in [-0.3, -0.25) is 9.48 Å². The second-order valence-corrected chi connectivity index (χ2v) is 8.47. The van der Waals surface area contributed by atoms with Crippen molar-refractivity contribution in [1.82, 2.24) is 24.9 Å². The van der Waals surface area contributed by atoms with E-state index in [1.165, 1.54) is 6.42 Å². The van der Waals surface area contributed by atoms with Gasteiger partial charge < -0.3 is 19.9 Å². The van der Waals surface area contributed by atoms with Crippen LogP contribution in [0.2, 0.25) is 0 Å². The number of likely N-dealkylation sites (tertiary alicyclic amines) is 1. The number of aliphatic imine (C=N–C) groups is 1. The van der Waals surface area contributed by atoms with Gasteiger partial charge in [0, 0.05) is 50.6 Å². The van der Waals surface area contributed by atoms with Crippen LogP contribution in [0.5, 0.6) is 0 Å². The molecule has 2 saturated heterocycles. The zero-order valence-electron chi connectivity index (χ0n) is 19.2. The number of amides is 1. The van der Waals surface area contributed by atoms with Crippen LogP contribution >= 0.6 is 0 Å². The smallest absolute Gasteiger partial charge is 0.253 e. The molecule has 2 fully saturated rings. The molecule has 0 bridgehead atoms. The van der Waals surface area contributed by atoms with Gasteiger partial charge in [0.2, 0.25) is 0 Å². The first kappa shape index (κ1) is 22.3. The Morgan fingerprint density at radius 2 is 1.94 bits per heavy atom. The molecular weight excluding hydrogens is 404 g/mol. The van der Waals surface area contributed by atoms with E-state index < -0.39 is 0 Å². The third-order valence-electron chi connectivity index (χ3n) is 6.05. The number of hydrogen-bond acceptors (Lipinski definition) is 4. The zero-order valence-corrected chi connectivity index (χ0v) is 19.2. The molecule has 1 aromatic carbocycles. The largest absolute Gasteiger partial charge is 0.370 e. The molecule has 8 heteroatoms. The number of piperidine rings is 1. The number of benzene rings is 1. The summed E-state index contributed by atoms with van der Waals surface area (Å²) < 4.78 is 7.77. The molecule has 0 spiro atoms. The van der Waals surface area contributed by atoms with Crippen LogP contribution in [0.3, 0.4) is 0 Å². The molecule has 0 aliphatic carbocycles. The van der Waals surface area contributed by atoms with Gasteiger partial charge >= 0.3 is 0 Å². The predicted octanol–water partition coefficient (Wildman–Crippen LogP) is 2.59. The molecule has 2 aliphatic heterocycles. The summed E-state index contributed by atoms with van der Waals surface area (Å²) in [5, 5.41) is 7.68. The highest BCUT2D eigenvalue weighted by Gasteiger charge is 2.25. The molecule has 2 aromatic rings. The lowest BCUT2D eigenvalue weighted by molar-refractivity contribution is -0.00805. The summed E-state index contributed by atoms with van der Waals surface area (Å²) in [6, 6.07) is 7.90. The fraction of sp³-hybridized carbons (Fsp3) is 0.542. The molecule has 1 atom stereocenters. The highest BCUT2D eigenvalue weighted by Crippen LogP contribution is 2.22. The van der Waals surface area contributed by atoms with Crippen LogP contribution in [-0.4, -0.2) is 70.8 Å². The van der Waals surface area contributed by atoms with E-state index in [4.69, 9.17) is 9.73 Å². The summed E-state index contributed by atoms with van der Waals surface area (Å²) in [6.45, 7) is 7.37. The topological polar surface area (TPSA) is 75.0 Å². The van der Waals surface area contributed by atoms with Crippen molar-refractivity contribution in [3.8, 4) is 0 Å². The fourth-order valence-corrected chi connectivity index (χ4v) is 4.27. The van der Waals surface area contributed by atoms with Crippen molar-refractivity contribution in [3.63, 3.8) is 0 Å². The highest BCUT2D eigenvalue weighted by molar-refractivity contribution is 5.94. The molecular formula is C24H34N6O2. The second-order valence-electron chi connectivity index (χ2n) is 8.47. The van der Waals surface area contributed by atoms with Gasteiger partial charge in [-0.15, -0.1) is 0 Å². The van der Waals surface area contributed by atoms with E-state index in [2.05, 4.69) is 22.2 Å². The van der Waals surface area contributed by atoms with Gasteiger partial charge in [-0.05, 0) is 43.9 Å². The van der Waals surface area contributed by atoms with Crippen molar-refractivity contribution in [2.24, 2.45) is 12.0 Å². The van der Waals surface area contributed by atoms with Gasteiger partial charge in [-0.1, -0.05) is 12.1 Å². The van der Waals surface area contributed by atoms with Crippen molar-refractivity contribution < 1.29 is 9.53 Å². The average molecular weight is 439 g/mol. The first-order chi connectivity index (χ1) is 15.6. The second kappa shape index (κ2) is 10.6. The number of nitrogens with one attached hydrogen (secondary N) is 1. The Balaban J connectivity index is 1.39. The fourth-order valence-electron chi connectivity index (χ4n) is 4.27. The summed E-state index contributed by atoms with van der Waals surface area (Å²) in [7, 11) is 1.92. The maximum absolute atomic E-state index is 12.7. The minimum Gasteiger partial charge on any atom is -0.370 e. The van der Waals surface area contributed by atoms with Gasteiger partial charge in [0.1, 0.15) is 6.10 Å². The number of aromatic nitrogens is 2. The monoisotopic (exact) mass is 438 g/mol. The normalized spacial score (nSPS) is 19.8. The summed E-state index contributed by atoms with van der Waals surface area (Å²) in [4.78, 5) is 21.8. The number of ether oxygens (including phenoxy) is 1. The number of carbonyl (C=O) groups is 1. The van der Waals surface area contributed by atoms with Crippen LogP contribution < -0.4 is 5.32 Å². The number of nitrogens with zero attached hydrogens (tertiary/aromatic N) is 5. The Bertz CT molecular complexity index is 917. The predicted molar refractivity (Wildman–Crippen MR) is 124 cm³/mol. The summed E-state index contributed by atoms with van der Waals surface area (Å²) in [6.07, 6.45) is 7.29. The Hall–Kier alpha value is -2.87. The number of aryl methyl sites for hydroxylation is 1. The summed E-state index contributed by atoms with van der Waals surface area (Å²) in [5.74, 6) is 1.03. The number of hydrogen-bond donors (Lipinski definition) is 1. The van der Waals surface area contributed by atoms with Gasteiger partial charge in [0.25, 0.3) is 5.91 Å². The first-order valence-electron chi connectivity index (χ1n) is 11.7. The van der Waals surface area contributed by atoms with E-state index >= 15 is 0 Å². The standard InChI is InChI=1S/C24H34N6O2/c1-3-25-24(30-13-14-32-22(18-30)21-16-27-28(2)17-21)26-15-19-7-9-20(10-8-19)23(31)29-11-5-4-6-12-29/h7-10,16-17,22H,3-6,11-15,18H2,1-2H3,(H,25,26). The van der Waals surface area contributed by atoms with Crippen LogP contribution in [0.25, 0.3) is 0 Å². The number of morpholine rings is 1. The quantitative estimate of drug-likeness (QED) is 0.574. The summed E-state index contributed by atoms with van der Waals surface area (Å²) in [5.41, 5.74) is 2.94. The third-order valence-corrected chi connectivity index (χ3v) is 6.05. The van der Waals surface area contributed by atoms with Crippen LogP contribution in [0.1, 0.15) is 53.8 Å². The molecule has 1 amide bonds. The molecule has 32 heavy (non-hydrogen) atoms. The van der Waals surface area contributed by atoms with E-state index in [0.29, 0.717) is 13.2 Å². The van der Waals surface area contributed by atoms with Crippen LogP contribution in [-0.2, 0) is 18.3 Å². The average Bonchev–Trinajstić information content (AvgIpc) is 3.28. The van der Waals surface area contributed by atoms with Gasteiger partial charge in [-0.25, -0.2) is 4.99 Å². The van der Waals surface area contributed by atoms with E-state index in [0.717, 1.165) is 68.2 Å². The van der Waals surface area contributed by atoms with E-state index in [9.17, 15) is 4.79 Å². The SMILES string of the molecule is CCNC(=NCc1ccc(C(=O)N2CCCCC2)cc1)N1CCOC(c2cnn(C)c2)C1. The third kappa shape index (κ3) is 5.48. The van der Waals surface area contributed by atoms with Crippen molar-refractivity contribution in [1.29, 1.82) is 0 Å². The van der Waals surface area contributed by atoms with Crippen molar-refractivity contribution in [2.75, 3.05) is 39.3 Å². The summed E-state index contributed by atoms with van der Waals surface area (Å²) >= 11 is 0. The minimum atomic E-state index is -0.0126. The van der Waals surface area contributed by atoms with E-state index in [1.807, 2.05) is 48.6 Å². The number of rotatable bonds is 5. The highest BCUT2D eigenvalue weighted by atomic mass is 16.5. The molecule has 1 N–H and O–H groups in total. The molecule has 2 aliphatic rings.